The van der Waals surface area contributed by atoms with Gasteiger partial charge in [0.1, 0.15) is 0 Å². The zero-order chi connectivity index (χ0) is 18.2. The highest BCUT2D eigenvalue weighted by Crippen LogP contribution is 2.43. The predicted octanol–water partition coefficient (Wildman–Crippen LogP) is 3.36. The molecule has 6 nitrogen and oxygen atoms in total. The summed E-state index contributed by atoms with van der Waals surface area (Å²) in [5, 5.41) is 11.2. The Balaban J connectivity index is 0.00000261. The molecule has 1 aromatic carbocycles. The molecule has 1 aromatic heterocycles. The van der Waals surface area contributed by atoms with Crippen molar-refractivity contribution in [3.63, 3.8) is 0 Å². The predicted molar refractivity (Wildman–Crippen MR) is 120 cm³/mol. The van der Waals surface area contributed by atoms with Gasteiger partial charge in [-0.2, -0.15) is 5.10 Å². The average molecular weight is 483 g/mol. The fourth-order valence-corrected chi connectivity index (χ4v) is 3.42. The Kier molecular flexibility index (Phi) is 8.56. The Hall–Kier alpha value is -1.61. The second-order valence-corrected chi connectivity index (χ2v) is 7.00. The number of benzene rings is 1. The van der Waals surface area contributed by atoms with Crippen molar-refractivity contribution < 1.29 is 4.74 Å². The van der Waals surface area contributed by atoms with Gasteiger partial charge in [-0.3, -0.25) is 4.99 Å². The van der Waals surface area contributed by atoms with Gasteiger partial charge >= 0.3 is 0 Å². The van der Waals surface area contributed by atoms with Crippen molar-refractivity contribution in [1.29, 1.82) is 0 Å². The SMILES string of the molecule is CN=C(NCc1cccc(-n2cccn2)c1)NCC1(CCOC)CCC1.I. The highest BCUT2D eigenvalue weighted by Gasteiger charge is 2.36. The summed E-state index contributed by atoms with van der Waals surface area (Å²) in [5.74, 6) is 0.846. The molecule has 0 saturated heterocycles. The standard InChI is InChI=1S/C20H29N5O.HI/c1-21-19(23-16-20(8-4-9-20)10-13-26-2)22-15-17-6-3-7-18(14-17)25-12-5-11-24-25;/h3,5-7,11-12,14H,4,8-10,13,15-16H2,1-2H3,(H2,21,22,23);1H. The molecule has 27 heavy (non-hydrogen) atoms. The Morgan fingerprint density at radius 3 is 2.78 bits per heavy atom. The molecule has 1 fully saturated rings. The number of hydrogen-bond acceptors (Lipinski definition) is 3. The van der Waals surface area contributed by atoms with Crippen LogP contribution in [0.3, 0.4) is 0 Å². The highest BCUT2D eigenvalue weighted by molar-refractivity contribution is 14.0. The van der Waals surface area contributed by atoms with Crippen molar-refractivity contribution in [3.05, 3.63) is 48.3 Å². The molecule has 0 radical (unpaired) electrons. The number of methoxy groups -OCH3 is 1. The van der Waals surface area contributed by atoms with Crippen LogP contribution in [-0.4, -0.2) is 43.0 Å². The van der Waals surface area contributed by atoms with Crippen LogP contribution in [0.4, 0.5) is 0 Å². The molecule has 2 aromatic rings. The number of rotatable bonds is 8. The molecule has 148 valence electrons. The number of nitrogens with zero attached hydrogens (tertiary/aromatic N) is 3. The van der Waals surface area contributed by atoms with Gasteiger partial charge in [0.25, 0.3) is 0 Å². The highest BCUT2D eigenvalue weighted by atomic mass is 127. The summed E-state index contributed by atoms with van der Waals surface area (Å²) in [6.45, 7) is 2.50. The first-order chi connectivity index (χ1) is 12.7. The maximum Gasteiger partial charge on any atom is 0.191 e. The lowest BCUT2D eigenvalue weighted by molar-refractivity contribution is 0.0732. The van der Waals surface area contributed by atoms with E-state index in [0.717, 1.165) is 37.8 Å². The van der Waals surface area contributed by atoms with Gasteiger partial charge in [0, 0.05) is 46.2 Å². The van der Waals surface area contributed by atoms with E-state index in [0.29, 0.717) is 5.41 Å². The van der Waals surface area contributed by atoms with Crippen molar-refractivity contribution in [1.82, 2.24) is 20.4 Å². The van der Waals surface area contributed by atoms with Gasteiger partial charge in [-0.1, -0.05) is 18.6 Å². The minimum atomic E-state index is 0. The molecular weight excluding hydrogens is 453 g/mol. The van der Waals surface area contributed by atoms with E-state index in [1.54, 1.807) is 13.3 Å². The molecule has 0 unspecified atom stereocenters. The number of guanidine groups is 1. The van der Waals surface area contributed by atoms with Crippen LogP contribution in [0, 0.1) is 5.41 Å². The van der Waals surface area contributed by atoms with E-state index in [-0.39, 0.29) is 24.0 Å². The van der Waals surface area contributed by atoms with E-state index >= 15 is 0 Å². The normalized spacial score (nSPS) is 15.6. The van der Waals surface area contributed by atoms with Crippen LogP contribution >= 0.6 is 24.0 Å². The maximum atomic E-state index is 5.27. The fourth-order valence-electron chi connectivity index (χ4n) is 3.42. The lowest BCUT2D eigenvalue weighted by atomic mass is 9.67. The van der Waals surface area contributed by atoms with Crippen LogP contribution in [0.1, 0.15) is 31.2 Å². The molecule has 1 aliphatic carbocycles. The van der Waals surface area contributed by atoms with Gasteiger partial charge in [-0.05, 0) is 48.4 Å². The molecule has 0 bridgehead atoms. The van der Waals surface area contributed by atoms with Gasteiger partial charge in [0.15, 0.2) is 5.96 Å². The average Bonchev–Trinajstić information content (AvgIpc) is 3.18. The smallest absolute Gasteiger partial charge is 0.191 e. The minimum Gasteiger partial charge on any atom is -0.385 e. The van der Waals surface area contributed by atoms with Gasteiger partial charge in [0.05, 0.1) is 5.69 Å². The maximum absolute atomic E-state index is 5.27. The summed E-state index contributed by atoms with van der Waals surface area (Å²) in [4.78, 5) is 4.36. The third-order valence-corrected chi connectivity index (χ3v) is 5.24. The van der Waals surface area contributed by atoms with Crippen LogP contribution < -0.4 is 10.6 Å². The minimum absolute atomic E-state index is 0. The van der Waals surface area contributed by atoms with Crippen molar-refractivity contribution >= 4 is 29.9 Å². The molecule has 0 amide bonds. The summed E-state index contributed by atoms with van der Waals surface area (Å²) >= 11 is 0. The van der Waals surface area contributed by atoms with Crippen molar-refractivity contribution in [2.24, 2.45) is 10.4 Å². The number of aromatic nitrogens is 2. The van der Waals surface area contributed by atoms with E-state index < -0.39 is 0 Å². The Labute approximate surface area is 178 Å². The first-order valence-electron chi connectivity index (χ1n) is 9.27. The number of halogens is 1. The van der Waals surface area contributed by atoms with Gasteiger partial charge in [-0.25, -0.2) is 4.68 Å². The number of nitrogens with one attached hydrogen (secondary N) is 2. The Morgan fingerprint density at radius 2 is 2.15 bits per heavy atom. The third-order valence-electron chi connectivity index (χ3n) is 5.24. The van der Waals surface area contributed by atoms with Crippen molar-refractivity contribution in [2.75, 3.05) is 27.3 Å². The molecule has 2 N–H and O–H groups in total. The quantitative estimate of drug-likeness (QED) is 0.344. The summed E-state index contributed by atoms with van der Waals surface area (Å²) in [6, 6.07) is 10.3. The summed E-state index contributed by atoms with van der Waals surface area (Å²) < 4.78 is 7.14. The monoisotopic (exact) mass is 483 g/mol. The lowest BCUT2D eigenvalue weighted by Gasteiger charge is -2.42. The van der Waals surface area contributed by atoms with Gasteiger partial charge in [0.2, 0.25) is 0 Å². The van der Waals surface area contributed by atoms with E-state index in [1.165, 1.54) is 24.8 Å². The first kappa shape index (κ1) is 21.7. The van der Waals surface area contributed by atoms with E-state index in [1.807, 2.05) is 24.0 Å². The molecule has 7 heteroatoms. The van der Waals surface area contributed by atoms with E-state index in [9.17, 15) is 0 Å². The van der Waals surface area contributed by atoms with E-state index in [4.69, 9.17) is 4.74 Å². The number of ether oxygens (including phenoxy) is 1. The van der Waals surface area contributed by atoms with Crippen LogP contribution in [-0.2, 0) is 11.3 Å². The zero-order valence-electron chi connectivity index (χ0n) is 16.1. The van der Waals surface area contributed by atoms with Crippen molar-refractivity contribution in [3.8, 4) is 5.69 Å². The zero-order valence-corrected chi connectivity index (χ0v) is 18.5. The first-order valence-corrected chi connectivity index (χ1v) is 9.27. The lowest BCUT2D eigenvalue weighted by Crippen LogP contribution is -2.46. The Morgan fingerprint density at radius 1 is 1.30 bits per heavy atom. The molecular formula is C20H30IN5O. The molecule has 1 saturated carbocycles. The van der Waals surface area contributed by atoms with Crippen molar-refractivity contribution in [2.45, 2.75) is 32.2 Å². The fraction of sp³-hybridized carbons (Fsp3) is 0.500. The second-order valence-electron chi connectivity index (χ2n) is 7.00. The Bertz CT molecular complexity index is 713. The van der Waals surface area contributed by atoms with Gasteiger partial charge < -0.3 is 15.4 Å². The third kappa shape index (κ3) is 5.93. The number of hydrogen-bond donors (Lipinski definition) is 2. The van der Waals surface area contributed by atoms with E-state index in [2.05, 4.69) is 45.0 Å². The number of aliphatic imine (C=N–C) groups is 1. The molecule has 0 aliphatic heterocycles. The molecule has 0 atom stereocenters. The van der Waals surface area contributed by atoms with Crippen LogP contribution in [0.15, 0.2) is 47.7 Å². The molecule has 0 spiro atoms. The summed E-state index contributed by atoms with van der Waals surface area (Å²) in [7, 11) is 3.59. The molecule has 1 heterocycles. The van der Waals surface area contributed by atoms with Gasteiger partial charge in [-0.15, -0.1) is 24.0 Å². The summed E-state index contributed by atoms with van der Waals surface area (Å²) in [6.07, 6.45) is 8.71. The molecule has 1 aliphatic rings. The summed E-state index contributed by atoms with van der Waals surface area (Å²) in [5.41, 5.74) is 2.62. The second kappa shape index (κ2) is 10.7. The van der Waals surface area contributed by atoms with Crippen LogP contribution in [0.2, 0.25) is 0 Å². The largest absolute Gasteiger partial charge is 0.385 e. The van der Waals surface area contributed by atoms with Crippen LogP contribution in [0.25, 0.3) is 5.69 Å². The topological polar surface area (TPSA) is 63.5 Å². The van der Waals surface area contributed by atoms with Crippen LogP contribution in [0.5, 0.6) is 0 Å². The molecule has 3 rings (SSSR count).